The maximum atomic E-state index is 13.1. The van der Waals surface area contributed by atoms with Gasteiger partial charge in [-0.25, -0.2) is 9.18 Å². The maximum absolute atomic E-state index is 13.1. The summed E-state index contributed by atoms with van der Waals surface area (Å²) in [6, 6.07) is 4.83. The third-order valence-electron chi connectivity index (χ3n) is 3.12. The van der Waals surface area contributed by atoms with Crippen LogP contribution in [0.15, 0.2) is 24.3 Å². The Hall–Kier alpha value is -2.09. The molecule has 0 aromatic heterocycles. The molecule has 0 radical (unpaired) electrons. The minimum absolute atomic E-state index is 0.0530. The van der Waals surface area contributed by atoms with Crippen molar-refractivity contribution >= 4 is 35.2 Å². The fraction of sp³-hybridized carbons (Fsp3) is 0.400. The van der Waals surface area contributed by atoms with Crippen molar-refractivity contribution < 1.29 is 23.5 Å². The quantitative estimate of drug-likeness (QED) is 0.790. The smallest absolute Gasteiger partial charge is 0.329 e. The summed E-state index contributed by atoms with van der Waals surface area (Å²) in [6.07, 6.45) is -0.0530. The van der Waals surface area contributed by atoms with E-state index in [0.29, 0.717) is 11.4 Å². The molecule has 1 heterocycles. The topological polar surface area (TPSA) is 84.5 Å². The van der Waals surface area contributed by atoms with E-state index in [1.54, 1.807) is 13.0 Å². The Kier molecular flexibility index (Phi) is 5.97. The van der Waals surface area contributed by atoms with Gasteiger partial charge in [0.1, 0.15) is 11.9 Å². The number of halogens is 1. The molecular weight excluding hydrogens is 323 g/mol. The molecule has 0 aliphatic carbocycles. The van der Waals surface area contributed by atoms with Gasteiger partial charge in [0.05, 0.1) is 11.9 Å². The van der Waals surface area contributed by atoms with Crippen molar-refractivity contribution in [3.63, 3.8) is 0 Å². The molecule has 2 amide bonds. The highest BCUT2D eigenvalue weighted by atomic mass is 32.2. The summed E-state index contributed by atoms with van der Waals surface area (Å²) in [5.74, 6) is -1.35. The first-order valence-corrected chi connectivity index (χ1v) is 8.18. The molecular formula is C15H17FN2O4S. The zero-order valence-electron chi connectivity index (χ0n) is 12.5. The lowest BCUT2D eigenvalue weighted by molar-refractivity contribution is -0.146. The lowest BCUT2D eigenvalue weighted by Gasteiger charge is -2.27. The molecule has 23 heavy (non-hydrogen) atoms. The molecule has 2 rings (SSSR count). The van der Waals surface area contributed by atoms with Gasteiger partial charge in [0.25, 0.3) is 0 Å². The average Bonchev–Trinajstić information content (AvgIpc) is 2.49. The number of ether oxygens (including phenoxy) is 1. The van der Waals surface area contributed by atoms with Gasteiger partial charge in [-0.15, -0.1) is 11.8 Å². The Morgan fingerprint density at radius 1 is 1.48 bits per heavy atom. The number of carbonyl (C=O) groups excluding carboxylic acids is 3. The van der Waals surface area contributed by atoms with Crippen LogP contribution in [0, 0.1) is 5.82 Å². The number of rotatable bonds is 5. The van der Waals surface area contributed by atoms with E-state index in [1.165, 1.54) is 30.0 Å². The second-order valence-electron chi connectivity index (χ2n) is 4.90. The lowest BCUT2D eigenvalue weighted by Crippen LogP contribution is -2.51. The summed E-state index contributed by atoms with van der Waals surface area (Å²) < 4.78 is 17.9. The van der Waals surface area contributed by atoms with Gasteiger partial charge < -0.3 is 15.4 Å². The Morgan fingerprint density at radius 2 is 2.26 bits per heavy atom. The number of thioether (sulfide) groups is 1. The van der Waals surface area contributed by atoms with Gasteiger partial charge in [-0.2, -0.15) is 0 Å². The number of esters is 1. The molecule has 2 atom stereocenters. The molecule has 6 nitrogen and oxygen atoms in total. The second kappa shape index (κ2) is 7.96. The third-order valence-corrected chi connectivity index (χ3v) is 4.43. The molecule has 1 aliphatic heterocycles. The van der Waals surface area contributed by atoms with Crippen molar-refractivity contribution in [2.45, 2.75) is 24.6 Å². The Bertz CT molecular complexity index is 611. The highest BCUT2D eigenvalue weighted by molar-refractivity contribution is 8.00. The van der Waals surface area contributed by atoms with Crippen molar-refractivity contribution in [1.82, 2.24) is 5.32 Å². The zero-order chi connectivity index (χ0) is 16.8. The van der Waals surface area contributed by atoms with Crippen molar-refractivity contribution in [1.29, 1.82) is 0 Å². The fourth-order valence-corrected chi connectivity index (χ4v) is 3.20. The number of nitrogens with one attached hydrogen (secondary N) is 2. The van der Waals surface area contributed by atoms with E-state index in [9.17, 15) is 18.8 Å². The van der Waals surface area contributed by atoms with Gasteiger partial charge in [0.2, 0.25) is 11.8 Å². The first-order chi connectivity index (χ1) is 11.0. The fourth-order valence-electron chi connectivity index (χ4n) is 2.06. The zero-order valence-corrected chi connectivity index (χ0v) is 13.3. The maximum Gasteiger partial charge on any atom is 0.329 e. The van der Waals surface area contributed by atoms with Crippen LogP contribution in [0.1, 0.15) is 13.3 Å². The van der Waals surface area contributed by atoms with Crippen LogP contribution in [0.4, 0.5) is 10.1 Å². The Balaban J connectivity index is 1.85. The molecule has 1 aliphatic rings. The molecule has 0 bridgehead atoms. The predicted molar refractivity (Wildman–Crippen MR) is 84.5 cm³/mol. The highest BCUT2D eigenvalue weighted by Crippen LogP contribution is 2.22. The number of benzene rings is 1. The van der Waals surface area contributed by atoms with Gasteiger partial charge in [0, 0.05) is 17.9 Å². The summed E-state index contributed by atoms with van der Waals surface area (Å²) in [5, 5.41) is 4.51. The minimum atomic E-state index is -0.685. The van der Waals surface area contributed by atoms with Crippen LogP contribution in [-0.2, 0) is 19.1 Å². The van der Waals surface area contributed by atoms with E-state index in [4.69, 9.17) is 4.74 Å². The first-order valence-electron chi connectivity index (χ1n) is 7.13. The van der Waals surface area contributed by atoms with Crippen LogP contribution in [-0.4, -0.2) is 41.4 Å². The average molecular weight is 340 g/mol. The van der Waals surface area contributed by atoms with E-state index in [2.05, 4.69) is 10.6 Å². The van der Waals surface area contributed by atoms with Crippen molar-refractivity contribution in [2.75, 3.05) is 17.7 Å². The van der Waals surface area contributed by atoms with Crippen LogP contribution in [0.3, 0.4) is 0 Å². The first kappa shape index (κ1) is 17.3. The number of amides is 2. The van der Waals surface area contributed by atoms with E-state index in [1.807, 2.05) is 0 Å². The normalized spacial score (nSPS) is 20.5. The van der Waals surface area contributed by atoms with Crippen LogP contribution in [0.2, 0.25) is 0 Å². The number of anilines is 1. The van der Waals surface area contributed by atoms with E-state index in [-0.39, 0.29) is 18.9 Å². The Labute approximate surface area is 137 Å². The number of carbonyl (C=O) groups is 3. The monoisotopic (exact) mass is 340 g/mol. The molecule has 1 saturated heterocycles. The summed E-state index contributed by atoms with van der Waals surface area (Å²) in [6.45, 7) is 1.94. The molecule has 0 spiro atoms. The minimum Gasteiger partial charge on any atom is -0.464 e. The van der Waals surface area contributed by atoms with Crippen LogP contribution < -0.4 is 10.6 Å². The highest BCUT2D eigenvalue weighted by Gasteiger charge is 2.34. The SMILES string of the molecule is CCOC(=O)[C@H]1CS[C@@H](CC(=O)Nc2cccc(F)c2)C(=O)N1. The summed E-state index contributed by atoms with van der Waals surface area (Å²) in [4.78, 5) is 35.5. The second-order valence-corrected chi connectivity index (χ2v) is 6.13. The largest absolute Gasteiger partial charge is 0.464 e. The van der Waals surface area contributed by atoms with Crippen molar-refractivity contribution in [3.05, 3.63) is 30.1 Å². The van der Waals surface area contributed by atoms with E-state index >= 15 is 0 Å². The predicted octanol–water partition coefficient (Wildman–Crippen LogP) is 1.32. The van der Waals surface area contributed by atoms with Gasteiger partial charge in [-0.1, -0.05) is 6.07 Å². The molecule has 1 fully saturated rings. The van der Waals surface area contributed by atoms with Gasteiger partial charge in [0.15, 0.2) is 0 Å². The molecule has 1 aromatic rings. The lowest BCUT2D eigenvalue weighted by atomic mass is 10.2. The Morgan fingerprint density at radius 3 is 2.91 bits per heavy atom. The molecule has 8 heteroatoms. The van der Waals surface area contributed by atoms with Gasteiger partial charge in [-0.05, 0) is 25.1 Å². The van der Waals surface area contributed by atoms with Gasteiger partial charge in [-0.3, -0.25) is 9.59 Å². The van der Waals surface area contributed by atoms with Crippen LogP contribution >= 0.6 is 11.8 Å². The number of hydrogen-bond donors (Lipinski definition) is 2. The standard InChI is InChI=1S/C15H17FN2O4S/c1-2-22-15(21)11-8-23-12(14(20)18-11)7-13(19)17-10-5-3-4-9(16)6-10/h3-6,11-12H,2,7-8H2,1H3,(H,17,19)(H,18,20)/t11-,12+/m1/s1. The molecule has 124 valence electrons. The van der Waals surface area contributed by atoms with Crippen LogP contribution in [0.25, 0.3) is 0 Å². The molecule has 0 unspecified atom stereocenters. The van der Waals surface area contributed by atoms with Crippen LogP contribution in [0.5, 0.6) is 0 Å². The summed E-state index contributed by atoms with van der Waals surface area (Å²) >= 11 is 1.23. The number of hydrogen-bond acceptors (Lipinski definition) is 5. The molecule has 2 N–H and O–H groups in total. The van der Waals surface area contributed by atoms with Gasteiger partial charge >= 0.3 is 5.97 Å². The molecule has 0 saturated carbocycles. The summed E-state index contributed by atoms with van der Waals surface area (Å²) in [5.41, 5.74) is 0.334. The van der Waals surface area contributed by atoms with Crippen molar-refractivity contribution in [2.24, 2.45) is 0 Å². The van der Waals surface area contributed by atoms with E-state index in [0.717, 1.165) is 0 Å². The third kappa shape index (κ3) is 4.95. The molecule has 1 aromatic carbocycles. The van der Waals surface area contributed by atoms with E-state index < -0.39 is 29.0 Å². The van der Waals surface area contributed by atoms with Crippen molar-refractivity contribution in [3.8, 4) is 0 Å². The summed E-state index contributed by atoms with van der Waals surface area (Å²) in [7, 11) is 0.